The first-order chi connectivity index (χ1) is 28.8. The second-order valence-electron chi connectivity index (χ2n) is 14.9. The summed E-state index contributed by atoms with van der Waals surface area (Å²) in [5, 5.41) is 7.32. The van der Waals surface area contributed by atoms with Gasteiger partial charge in [0, 0.05) is 38.7 Å². The van der Waals surface area contributed by atoms with Crippen LogP contribution in [-0.2, 0) is 0 Å². The molecule has 0 N–H and O–H groups in total. The Hall–Kier alpha value is -7.68. The highest BCUT2D eigenvalue weighted by molar-refractivity contribution is 6.13. The lowest BCUT2D eigenvalue weighted by molar-refractivity contribution is 1.19. The SMILES string of the molecule is c1ccc(-c2ccc(-c3cccc4ccccc34)c(N(c3ccccc3)c3ccc4c5ccccc5n(-c5c(-c6ccccc6)ccc6ccccc56)c4c3)c2)cc1. The monoisotopic (exact) mass is 738 g/mol. The van der Waals surface area contributed by atoms with E-state index in [4.69, 9.17) is 0 Å². The predicted octanol–water partition coefficient (Wildman–Crippen LogP) is 15.6. The molecule has 0 amide bonds. The highest BCUT2D eigenvalue weighted by Crippen LogP contribution is 2.47. The van der Waals surface area contributed by atoms with E-state index in [1.54, 1.807) is 0 Å². The predicted molar refractivity (Wildman–Crippen MR) is 247 cm³/mol. The summed E-state index contributed by atoms with van der Waals surface area (Å²) < 4.78 is 2.51. The van der Waals surface area contributed by atoms with Crippen LogP contribution >= 0.6 is 0 Å². The van der Waals surface area contributed by atoms with Crippen LogP contribution in [0.5, 0.6) is 0 Å². The Bertz CT molecular complexity index is 3270. The number of para-hydroxylation sites is 2. The topological polar surface area (TPSA) is 8.17 Å². The molecule has 1 heterocycles. The van der Waals surface area contributed by atoms with Crippen molar-refractivity contribution in [2.75, 3.05) is 4.90 Å². The Morgan fingerprint density at radius 3 is 1.66 bits per heavy atom. The van der Waals surface area contributed by atoms with Gasteiger partial charge in [0.15, 0.2) is 0 Å². The molecule has 0 radical (unpaired) electrons. The molecule has 0 saturated heterocycles. The van der Waals surface area contributed by atoms with Crippen LogP contribution in [-0.4, -0.2) is 4.57 Å². The van der Waals surface area contributed by atoms with Crippen LogP contribution in [0, 0.1) is 0 Å². The van der Waals surface area contributed by atoms with Crippen LogP contribution in [0.15, 0.2) is 231 Å². The number of anilines is 3. The third kappa shape index (κ3) is 5.66. The van der Waals surface area contributed by atoms with Crippen LogP contribution in [0.1, 0.15) is 0 Å². The molecule has 0 atom stereocenters. The fraction of sp³-hybridized carbons (Fsp3) is 0. The second kappa shape index (κ2) is 14.1. The molecule has 0 unspecified atom stereocenters. The zero-order valence-corrected chi connectivity index (χ0v) is 31.8. The Labute approximate surface area is 338 Å². The molecule has 0 spiro atoms. The zero-order chi connectivity index (χ0) is 38.4. The van der Waals surface area contributed by atoms with Crippen molar-refractivity contribution in [1.29, 1.82) is 0 Å². The zero-order valence-electron chi connectivity index (χ0n) is 31.8. The average Bonchev–Trinajstić information content (AvgIpc) is 3.62. The molecule has 11 rings (SSSR count). The van der Waals surface area contributed by atoms with E-state index in [0.717, 1.165) is 22.6 Å². The van der Waals surface area contributed by atoms with Gasteiger partial charge in [0.1, 0.15) is 0 Å². The van der Waals surface area contributed by atoms with Gasteiger partial charge >= 0.3 is 0 Å². The van der Waals surface area contributed by atoms with E-state index >= 15 is 0 Å². The summed E-state index contributed by atoms with van der Waals surface area (Å²) in [5.41, 5.74) is 13.9. The molecule has 10 aromatic carbocycles. The molecule has 2 heteroatoms. The molecule has 0 aliphatic carbocycles. The molecule has 0 aliphatic heterocycles. The summed E-state index contributed by atoms with van der Waals surface area (Å²) in [6, 6.07) is 83.8. The van der Waals surface area contributed by atoms with Crippen molar-refractivity contribution in [2.24, 2.45) is 0 Å². The molecule has 11 aromatic rings. The first-order valence-electron chi connectivity index (χ1n) is 19.9. The average molecular weight is 739 g/mol. The molecule has 1 aromatic heterocycles. The van der Waals surface area contributed by atoms with Gasteiger partial charge in [0.25, 0.3) is 0 Å². The lowest BCUT2D eigenvalue weighted by Gasteiger charge is -2.29. The maximum absolute atomic E-state index is 2.51. The fourth-order valence-electron chi connectivity index (χ4n) is 8.90. The minimum atomic E-state index is 1.08. The smallest absolute Gasteiger partial charge is 0.0618 e. The van der Waals surface area contributed by atoms with Crippen molar-refractivity contribution >= 4 is 60.4 Å². The van der Waals surface area contributed by atoms with Gasteiger partial charge in [-0.1, -0.05) is 194 Å². The van der Waals surface area contributed by atoms with Crippen LogP contribution in [0.25, 0.3) is 82.4 Å². The van der Waals surface area contributed by atoms with E-state index in [1.807, 2.05) is 0 Å². The summed E-state index contributed by atoms with van der Waals surface area (Å²) in [7, 11) is 0. The highest BCUT2D eigenvalue weighted by atomic mass is 15.1. The van der Waals surface area contributed by atoms with Crippen molar-refractivity contribution in [3.63, 3.8) is 0 Å². The normalized spacial score (nSPS) is 11.4. The summed E-state index contributed by atoms with van der Waals surface area (Å²) in [6.45, 7) is 0. The van der Waals surface area contributed by atoms with E-state index < -0.39 is 0 Å². The quantitative estimate of drug-likeness (QED) is 0.158. The molecule has 0 aliphatic rings. The number of fused-ring (bicyclic) bond motifs is 5. The second-order valence-corrected chi connectivity index (χ2v) is 14.9. The molecule has 2 nitrogen and oxygen atoms in total. The first kappa shape index (κ1) is 33.6. The largest absolute Gasteiger partial charge is 0.310 e. The van der Waals surface area contributed by atoms with Gasteiger partial charge in [0.05, 0.1) is 22.4 Å². The summed E-state index contributed by atoms with van der Waals surface area (Å²) in [5.74, 6) is 0. The van der Waals surface area contributed by atoms with E-state index in [9.17, 15) is 0 Å². The summed E-state index contributed by atoms with van der Waals surface area (Å²) in [4.78, 5) is 2.45. The third-order valence-corrected chi connectivity index (χ3v) is 11.6. The van der Waals surface area contributed by atoms with Crippen molar-refractivity contribution in [3.8, 4) is 39.1 Å². The lowest BCUT2D eigenvalue weighted by Crippen LogP contribution is -2.12. The fourth-order valence-corrected chi connectivity index (χ4v) is 8.90. The maximum Gasteiger partial charge on any atom is 0.0618 e. The minimum absolute atomic E-state index is 1.08. The number of aromatic nitrogens is 1. The third-order valence-electron chi connectivity index (χ3n) is 11.6. The number of hydrogen-bond acceptors (Lipinski definition) is 1. The molecule has 0 saturated carbocycles. The lowest BCUT2D eigenvalue weighted by atomic mass is 9.93. The number of rotatable bonds is 7. The van der Waals surface area contributed by atoms with E-state index in [-0.39, 0.29) is 0 Å². The van der Waals surface area contributed by atoms with Gasteiger partial charge in [-0.3, -0.25) is 0 Å². The van der Waals surface area contributed by atoms with Gasteiger partial charge < -0.3 is 9.47 Å². The minimum Gasteiger partial charge on any atom is -0.310 e. The Morgan fingerprint density at radius 1 is 0.293 bits per heavy atom. The van der Waals surface area contributed by atoms with E-state index in [2.05, 4.69) is 240 Å². The summed E-state index contributed by atoms with van der Waals surface area (Å²) in [6.07, 6.45) is 0. The number of benzene rings is 10. The molecular formula is C56H38N2. The Balaban J connectivity index is 1.23. The van der Waals surface area contributed by atoms with Crippen molar-refractivity contribution < 1.29 is 0 Å². The van der Waals surface area contributed by atoms with Crippen LogP contribution in [0.3, 0.4) is 0 Å². The van der Waals surface area contributed by atoms with Crippen molar-refractivity contribution in [2.45, 2.75) is 0 Å². The van der Waals surface area contributed by atoms with Gasteiger partial charge in [-0.15, -0.1) is 0 Å². The van der Waals surface area contributed by atoms with Gasteiger partial charge in [-0.05, 0) is 74.8 Å². The van der Waals surface area contributed by atoms with E-state index in [1.165, 1.54) is 76.9 Å². The molecule has 272 valence electrons. The first-order valence-corrected chi connectivity index (χ1v) is 19.9. The standard InChI is InChI=1S/C56H38N2/c1-4-17-39(18-5-1)43-32-35-51(49-29-16-23-40-21-10-12-26-46(40)49)54(37-43)57(44-24-8-3-9-25-44)45-33-36-52-50-28-14-15-30-53(50)58(55(52)38-45)56-47-27-13-11-22-42(47)31-34-48(56)41-19-6-2-7-20-41/h1-38H. The van der Waals surface area contributed by atoms with Gasteiger partial charge in [-0.25, -0.2) is 0 Å². The van der Waals surface area contributed by atoms with Crippen LogP contribution in [0.4, 0.5) is 17.1 Å². The van der Waals surface area contributed by atoms with Crippen LogP contribution in [0.2, 0.25) is 0 Å². The molecule has 58 heavy (non-hydrogen) atoms. The van der Waals surface area contributed by atoms with Gasteiger partial charge in [0.2, 0.25) is 0 Å². The number of nitrogens with zero attached hydrogens (tertiary/aromatic N) is 2. The van der Waals surface area contributed by atoms with Crippen molar-refractivity contribution in [3.05, 3.63) is 231 Å². The summed E-state index contributed by atoms with van der Waals surface area (Å²) >= 11 is 0. The maximum atomic E-state index is 2.51. The molecule has 0 bridgehead atoms. The van der Waals surface area contributed by atoms with Gasteiger partial charge in [-0.2, -0.15) is 0 Å². The number of hydrogen-bond donors (Lipinski definition) is 0. The molecule has 0 fully saturated rings. The van der Waals surface area contributed by atoms with Crippen LogP contribution < -0.4 is 4.90 Å². The van der Waals surface area contributed by atoms with E-state index in [0.29, 0.717) is 0 Å². The molecular weight excluding hydrogens is 701 g/mol. The van der Waals surface area contributed by atoms with Crippen molar-refractivity contribution in [1.82, 2.24) is 4.57 Å². The Kier molecular flexibility index (Phi) is 8.19. The highest BCUT2D eigenvalue weighted by Gasteiger charge is 2.23. The Morgan fingerprint density at radius 2 is 0.879 bits per heavy atom.